The highest BCUT2D eigenvalue weighted by atomic mass is 32.2. The molecule has 1 aliphatic heterocycles. The molecule has 1 aromatic carbocycles. The number of hydrogen-bond donors (Lipinski definition) is 1. The van der Waals surface area contributed by atoms with E-state index >= 15 is 0 Å². The fourth-order valence-electron chi connectivity index (χ4n) is 4.25. The highest BCUT2D eigenvalue weighted by Gasteiger charge is 2.38. The van der Waals surface area contributed by atoms with Gasteiger partial charge in [0.2, 0.25) is 15.9 Å². The number of carbonyl (C=O) groups excluding carboxylic acids is 1. The summed E-state index contributed by atoms with van der Waals surface area (Å²) in [6, 6.07) is 7.82. The lowest BCUT2D eigenvalue weighted by molar-refractivity contribution is -0.130. The molecule has 3 heterocycles. The molecule has 0 radical (unpaired) electrons. The Morgan fingerprint density at radius 2 is 1.86 bits per heavy atom. The molecule has 0 saturated heterocycles. The first-order valence-corrected chi connectivity index (χ1v) is 13.5. The molecule has 3 atom stereocenters. The largest absolute Gasteiger partial charge is 0.487 e. The zero-order valence-electron chi connectivity index (χ0n) is 21.1. The van der Waals surface area contributed by atoms with Crippen molar-refractivity contribution in [3.05, 3.63) is 67.0 Å². The lowest BCUT2D eigenvalue weighted by atomic mass is 10.0. The summed E-state index contributed by atoms with van der Waals surface area (Å²) in [4.78, 5) is 26.6. The number of likely N-dealkylation sites (N-methyl/N-ethyl adjacent to an activating group) is 1. The van der Waals surface area contributed by atoms with Crippen molar-refractivity contribution in [2.45, 2.75) is 37.3 Å². The van der Waals surface area contributed by atoms with Crippen LogP contribution in [0.5, 0.6) is 5.75 Å². The Hall–Kier alpha value is -3.41. The fraction of sp³-hybridized carbons (Fsp3) is 0.385. The van der Waals surface area contributed by atoms with E-state index in [9.17, 15) is 18.3 Å². The number of benzene rings is 1. The molecule has 0 saturated carbocycles. The molecule has 0 unspecified atom stereocenters. The van der Waals surface area contributed by atoms with Crippen LogP contribution in [0, 0.1) is 5.92 Å². The van der Waals surface area contributed by atoms with E-state index in [1.54, 1.807) is 67.9 Å². The van der Waals surface area contributed by atoms with E-state index < -0.39 is 22.2 Å². The standard InChI is InChI=1S/C26H31N5O5S/c1-18-14-31(19(2)16-32)37(34,35)25-5-4-21(22-12-28-17-29-13-22)11-23(25)36-24(18)15-30(3)26(33)10-20-6-8-27-9-7-20/h4-9,11-13,17-19,24,32H,10,14-16H2,1-3H3/t18-,19+,24+/m1/s1. The summed E-state index contributed by atoms with van der Waals surface area (Å²) in [6.45, 7) is 3.62. The van der Waals surface area contributed by atoms with Gasteiger partial charge in [0.15, 0.2) is 0 Å². The molecule has 2 aromatic heterocycles. The summed E-state index contributed by atoms with van der Waals surface area (Å²) in [6.07, 6.45) is 7.70. The van der Waals surface area contributed by atoms with Gasteiger partial charge in [-0.15, -0.1) is 0 Å². The number of sulfonamides is 1. The van der Waals surface area contributed by atoms with Crippen molar-refractivity contribution in [3.63, 3.8) is 0 Å². The second-order valence-corrected chi connectivity index (χ2v) is 11.2. The molecule has 1 N–H and O–H groups in total. The maximum absolute atomic E-state index is 13.7. The third-order valence-electron chi connectivity index (χ3n) is 6.55. The number of rotatable bonds is 7. The van der Waals surface area contributed by atoms with Crippen molar-refractivity contribution in [3.8, 4) is 16.9 Å². The SMILES string of the molecule is C[C@@H]1CN([C@@H](C)CO)S(=O)(=O)c2ccc(-c3cncnc3)cc2O[C@H]1CN(C)C(=O)Cc1ccncc1. The van der Waals surface area contributed by atoms with E-state index in [0.29, 0.717) is 11.1 Å². The van der Waals surface area contributed by atoms with E-state index in [2.05, 4.69) is 15.0 Å². The maximum atomic E-state index is 13.7. The topological polar surface area (TPSA) is 126 Å². The highest BCUT2D eigenvalue weighted by Crippen LogP contribution is 2.36. The van der Waals surface area contributed by atoms with Crippen LogP contribution < -0.4 is 4.74 Å². The van der Waals surface area contributed by atoms with Crippen molar-refractivity contribution in [1.29, 1.82) is 0 Å². The number of carbonyl (C=O) groups is 1. The molecular weight excluding hydrogens is 494 g/mol. The molecule has 0 bridgehead atoms. The Morgan fingerprint density at radius 1 is 1.16 bits per heavy atom. The zero-order chi connectivity index (χ0) is 26.6. The zero-order valence-corrected chi connectivity index (χ0v) is 21.9. The van der Waals surface area contributed by atoms with Gasteiger partial charge in [-0.05, 0) is 42.3 Å². The van der Waals surface area contributed by atoms with Gasteiger partial charge in [-0.2, -0.15) is 4.31 Å². The molecule has 1 amide bonds. The van der Waals surface area contributed by atoms with E-state index in [-0.39, 0.29) is 48.6 Å². The normalized spacial score (nSPS) is 20.1. The lowest BCUT2D eigenvalue weighted by Gasteiger charge is -2.37. The van der Waals surface area contributed by atoms with Crippen LogP contribution in [0.25, 0.3) is 11.1 Å². The predicted molar refractivity (Wildman–Crippen MR) is 137 cm³/mol. The fourth-order valence-corrected chi connectivity index (χ4v) is 6.08. The van der Waals surface area contributed by atoms with Gasteiger partial charge >= 0.3 is 0 Å². The van der Waals surface area contributed by atoms with Crippen LogP contribution in [0.3, 0.4) is 0 Å². The molecular formula is C26H31N5O5S. The maximum Gasteiger partial charge on any atom is 0.247 e. The van der Waals surface area contributed by atoms with Gasteiger partial charge in [0.05, 0.1) is 19.6 Å². The van der Waals surface area contributed by atoms with Gasteiger partial charge < -0.3 is 14.7 Å². The van der Waals surface area contributed by atoms with Gasteiger partial charge in [-0.3, -0.25) is 9.78 Å². The number of ether oxygens (including phenoxy) is 1. The molecule has 37 heavy (non-hydrogen) atoms. The Bertz CT molecular complexity index is 1320. The summed E-state index contributed by atoms with van der Waals surface area (Å²) < 4.78 is 35.0. The van der Waals surface area contributed by atoms with Crippen LogP contribution in [0.1, 0.15) is 19.4 Å². The van der Waals surface area contributed by atoms with Crippen LogP contribution in [0.4, 0.5) is 0 Å². The van der Waals surface area contributed by atoms with Crippen molar-refractivity contribution in [2.75, 3.05) is 26.7 Å². The molecule has 0 aliphatic carbocycles. The molecule has 3 aromatic rings. The second kappa shape index (κ2) is 11.3. The molecule has 0 spiro atoms. The van der Waals surface area contributed by atoms with E-state index in [1.165, 1.54) is 16.7 Å². The monoisotopic (exact) mass is 525 g/mol. The first-order chi connectivity index (χ1) is 17.7. The number of nitrogens with zero attached hydrogens (tertiary/aromatic N) is 5. The van der Waals surface area contributed by atoms with E-state index in [0.717, 1.165) is 5.56 Å². The van der Waals surface area contributed by atoms with Crippen molar-refractivity contribution < 1.29 is 23.1 Å². The minimum atomic E-state index is -3.96. The molecule has 11 heteroatoms. The van der Waals surface area contributed by atoms with Gasteiger partial charge in [0.1, 0.15) is 23.1 Å². The van der Waals surface area contributed by atoms with Gasteiger partial charge in [-0.1, -0.05) is 13.0 Å². The molecule has 0 fully saturated rings. The smallest absolute Gasteiger partial charge is 0.247 e. The minimum Gasteiger partial charge on any atom is -0.487 e. The summed E-state index contributed by atoms with van der Waals surface area (Å²) in [5, 5.41) is 9.82. The number of pyridine rings is 1. The average Bonchev–Trinajstić information content (AvgIpc) is 2.91. The Labute approximate surface area is 217 Å². The number of hydrogen-bond acceptors (Lipinski definition) is 8. The lowest BCUT2D eigenvalue weighted by Crippen LogP contribution is -2.50. The highest BCUT2D eigenvalue weighted by molar-refractivity contribution is 7.89. The van der Waals surface area contributed by atoms with Crippen molar-refractivity contribution in [2.24, 2.45) is 5.92 Å². The Kier molecular flexibility index (Phi) is 8.16. The van der Waals surface area contributed by atoms with Crippen LogP contribution in [0.2, 0.25) is 0 Å². The van der Waals surface area contributed by atoms with E-state index in [1.807, 2.05) is 6.92 Å². The van der Waals surface area contributed by atoms with Crippen LogP contribution in [-0.2, 0) is 21.2 Å². The summed E-state index contributed by atoms with van der Waals surface area (Å²) in [7, 11) is -2.25. The quantitative estimate of drug-likeness (QED) is 0.497. The van der Waals surface area contributed by atoms with Crippen LogP contribution in [0.15, 0.2) is 66.3 Å². The summed E-state index contributed by atoms with van der Waals surface area (Å²) in [5.74, 6) is -0.187. The molecule has 10 nitrogen and oxygen atoms in total. The van der Waals surface area contributed by atoms with Crippen LogP contribution in [-0.4, -0.2) is 82.5 Å². The third-order valence-corrected chi connectivity index (χ3v) is 8.56. The molecule has 4 rings (SSSR count). The number of fused-ring (bicyclic) bond motifs is 1. The van der Waals surface area contributed by atoms with Gasteiger partial charge in [0.25, 0.3) is 0 Å². The summed E-state index contributed by atoms with van der Waals surface area (Å²) >= 11 is 0. The van der Waals surface area contributed by atoms with E-state index in [4.69, 9.17) is 4.74 Å². The molecule has 1 aliphatic rings. The number of aliphatic hydroxyl groups excluding tert-OH is 1. The Balaban J connectivity index is 1.69. The first-order valence-electron chi connectivity index (χ1n) is 12.0. The predicted octanol–water partition coefficient (Wildman–Crippen LogP) is 2.01. The number of aromatic nitrogens is 3. The van der Waals surface area contributed by atoms with Gasteiger partial charge in [0, 0.05) is 55.9 Å². The minimum absolute atomic E-state index is 0.0102. The first kappa shape index (κ1) is 26.6. The summed E-state index contributed by atoms with van der Waals surface area (Å²) in [5.41, 5.74) is 2.26. The number of amides is 1. The van der Waals surface area contributed by atoms with Crippen molar-refractivity contribution in [1.82, 2.24) is 24.2 Å². The Morgan fingerprint density at radius 3 is 2.54 bits per heavy atom. The average molecular weight is 526 g/mol. The molecule has 196 valence electrons. The van der Waals surface area contributed by atoms with Crippen molar-refractivity contribution >= 4 is 15.9 Å². The van der Waals surface area contributed by atoms with Crippen LogP contribution >= 0.6 is 0 Å². The second-order valence-electron chi connectivity index (χ2n) is 9.34. The third kappa shape index (κ3) is 5.95. The van der Waals surface area contributed by atoms with Gasteiger partial charge in [-0.25, -0.2) is 18.4 Å². The number of aliphatic hydroxyl groups is 1.